The average molecular weight is 362 g/mol. The van der Waals surface area contributed by atoms with E-state index in [1.165, 1.54) is 19.4 Å². The molecule has 140 valence electrons. The number of benzene rings is 1. The summed E-state index contributed by atoms with van der Waals surface area (Å²) in [5.41, 5.74) is 0.616. The largest absolute Gasteiger partial charge is 0.468 e. The van der Waals surface area contributed by atoms with Crippen LogP contribution in [0.1, 0.15) is 30.7 Å². The lowest BCUT2D eigenvalue weighted by atomic mass is 9.92. The molecule has 26 heavy (non-hydrogen) atoms. The van der Waals surface area contributed by atoms with Gasteiger partial charge in [-0.15, -0.1) is 0 Å². The third kappa shape index (κ3) is 5.83. The Morgan fingerprint density at radius 2 is 2.31 bits per heavy atom. The topological polar surface area (TPSA) is 80.6 Å². The van der Waals surface area contributed by atoms with Gasteiger partial charge in [0.25, 0.3) is 0 Å². The van der Waals surface area contributed by atoms with Crippen molar-refractivity contribution in [2.75, 3.05) is 26.9 Å². The number of nitriles is 1. The lowest BCUT2D eigenvalue weighted by molar-refractivity contribution is -0.163. The zero-order valence-electron chi connectivity index (χ0n) is 14.7. The second-order valence-corrected chi connectivity index (χ2v) is 5.87. The third-order valence-corrected chi connectivity index (χ3v) is 4.10. The van der Waals surface area contributed by atoms with Crippen LogP contribution in [-0.4, -0.2) is 39.1 Å². The molecule has 1 N–H and O–H groups in total. The first-order valence-corrected chi connectivity index (χ1v) is 8.53. The van der Waals surface area contributed by atoms with Gasteiger partial charge < -0.3 is 19.5 Å². The van der Waals surface area contributed by atoms with Crippen molar-refractivity contribution < 1.29 is 23.4 Å². The van der Waals surface area contributed by atoms with Crippen molar-refractivity contribution in [1.29, 1.82) is 5.26 Å². The highest BCUT2D eigenvalue weighted by atomic mass is 19.1. The summed E-state index contributed by atoms with van der Waals surface area (Å²) in [6, 6.07) is 8.33. The van der Waals surface area contributed by atoms with Crippen LogP contribution >= 0.6 is 0 Å². The predicted octanol–water partition coefficient (Wildman–Crippen LogP) is 2.62. The highest BCUT2D eigenvalue weighted by Gasteiger charge is 2.23. The number of carbonyl (C=O) groups excluding carboxylic acids is 1. The smallest absolute Gasteiger partial charge is 0.325 e. The molecular formula is C19H23FN2O4. The lowest BCUT2D eigenvalue weighted by Crippen LogP contribution is -2.26. The molecule has 1 heterocycles. The van der Waals surface area contributed by atoms with Gasteiger partial charge in [-0.3, -0.25) is 4.79 Å². The Morgan fingerprint density at radius 3 is 2.96 bits per heavy atom. The summed E-state index contributed by atoms with van der Waals surface area (Å²) in [6.07, 6.45) is 3.84. The number of rotatable bonds is 8. The fourth-order valence-corrected chi connectivity index (χ4v) is 2.68. The summed E-state index contributed by atoms with van der Waals surface area (Å²) < 4.78 is 30.2. The van der Waals surface area contributed by atoms with Crippen molar-refractivity contribution >= 4 is 5.97 Å². The number of esters is 1. The average Bonchev–Trinajstić information content (AvgIpc) is 2.68. The molecule has 1 aliphatic heterocycles. The number of nitrogens with zero attached hydrogens (tertiary/aromatic N) is 1. The van der Waals surface area contributed by atoms with Crippen LogP contribution in [0.2, 0.25) is 0 Å². The molecule has 0 bridgehead atoms. The maximum Gasteiger partial charge on any atom is 0.325 e. The molecule has 1 aromatic rings. The zero-order valence-corrected chi connectivity index (χ0v) is 14.7. The minimum atomic E-state index is -0.614. The molecule has 0 aromatic heterocycles. The molecule has 1 aromatic carbocycles. The van der Waals surface area contributed by atoms with Crippen molar-refractivity contribution in [1.82, 2.24) is 5.32 Å². The predicted molar refractivity (Wildman–Crippen MR) is 92.4 cm³/mol. The fourth-order valence-electron chi connectivity index (χ4n) is 2.68. The van der Waals surface area contributed by atoms with Gasteiger partial charge in [0.15, 0.2) is 6.29 Å². The van der Waals surface area contributed by atoms with Crippen LogP contribution < -0.4 is 5.32 Å². The molecule has 2 atom stereocenters. The molecule has 0 saturated carbocycles. The highest BCUT2D eigenvalue weighted by Crippen LogP contribution is 2.28. The first-order chi connectivity index (χ1) is 12.7. The Kier molecular flexibility index (Phi) is 8.06. The van der Waals surface area contributed by atoms with Gasteiger partial charge in [-0.2, -0.15) is 5.26 Å². The van der Waals surface area contributed by atoms with Crippen molar-refractivity contribution in [3.8, 4) is 6.07 Å². The second-order valence-electron chi connectivity index (χ2n) is 5.87. The molecule has 0 amide bonds. The third-order valence-electron chi connectivity index (χ3n) is 4.10. The molecule has 0 radical (unpaired) electrons. The van der Waals surface area contributed by atoms with Gasteiger partial charge in [0.05, 0.1) is 25.4 Å². The molecule has 2 rings (SSSR count). The normalized spacial score (nSPS) is 18.7. The molecule has 7 heteroatoms. The van der Waals surface area contributed by atoms with E-state index in [1.54, 1.807) is 18.2 Å². The van der Waals surface area contributed by atoms with Gasteiger partial charge in [-0.1, -0.05) is 18.2 Å². The molecule has 1 unspecified atom stereocenters. The highest BCUT2D eigenvalue weighted by molar-refractivity contribution is 5.71. The second kappa shape index (κ2) is 10.5. The Morgan fingerprint density at radius 1 is 1.50 bits per heavy atom. The van der Waals surface area contributed by atoms with E-state index in [2.05, 4.69) is 16.1 Å². The van der Waals surface area contributed by atoms with E-state index in [0.717, 1.165) is 19.3 Å². The van der Waals surface area contributed by atoms with E-state index in [0.29, 0.717) is 12.2 Å². The van der Waals surface area contributed by atoms with Crippen LogP contribution in [0, 0.1) is 17.1 Å². The van der Waals surface area contributed by atoms with E-state index < -0.39 is 17.7 Å². The van der Waals surface area contributed by atoms with E-state index >= 15 is 0 Å². The Balaban J connectivity index is 2.15. The van der Waals surface area contributed by atoms with Crippen molar-refractivity contribution in [3.63, 3.8) is 0 Å². The standard InChI is InChI=1S/C19H23FN2O4/c1-24-18(23)12-22-11-14(10-21)16(15-6-2-3-7-17(15)20)13-26-19-8-4-5-9-25-19/h2-3,6-7,11,16,19,22H,4-5,8-9,12-13H2,1H3/t16-,19?/m1/s1. The number of hydrogen-bond donors (Lipinski definition) is 1. The molecule has 1 aliphatic rings. The van der Waals surface area contributed by atoms with Gasteiger partial charge in [-0.05, 0) is 30.9 Å². The van der Waals surface area contributed by atoms with E-state index in [4.69, 9.17) is 9.47 Å². The summed E-state index contributed by atoms with van der Waals surface area (Å²) >= 11 is 0. The molecule has 1 saturated heterocycles. The van der Waals surface area contributed by atoms with Crippen molar-refractivity contribution in [2.24, 2.45) is 0 Å². The summed E-state index contributed by atoms with van der Waals surface area (Å²) in [6.45, 7) is 0.653. The van der Waals surface area contributed by atoms with Crippen LogP contribution in [0.25, 0.3) is 0 Å². The van der Waals surface area contributed by atoms with Crippen LogP contribution in [0.15, 0.2) is 36.0 Å². The molecule has 0 spiro atoms. The SMILES string of the molecule is COC(=O)CNC=C(C#N)[C@@H](COC1CCCCO1)c1ccccc1F. The number of methoxy groups -OCH3 is 1. The van der Waals surface area contributed by atoms with Crippen LogP contribution in [-0.2, 0) is 19.0 Å². The van der Waals surface area contributed by atoms with Crippen LogP contribution in [0.5, 0.6) is 0 Å². The Hall–Kier alpha value is -2.43. The summed E-state index contributed by atoms with van der Waals surface area (Å²) in [5, 5.41) is 12.3. The minimum absolute atomic E-state index is 0.0851. The first-order valence-electron chi connectivity index (χ1n) is 8.53. The summed E-state index contributed by atoms with van der Waals surface area (Å²) in [4.78, 5) is 11.2. The molecule has 0 aliphatic carbocycles. The van der Waals surface area contributed by atoms with Crippen LogP contribution in [0.3, 0.4) is 0 Å². The molecule has 1 fully saturated rings. The summed E-state index contributed by atoms with van der Waals surface area (Å²) in [7, 11) is 1.28. The van der Waals surface area contributed by atoms with Crippen molar-refractivity contribution in [2.45, 2.75) is 31.5 Å². The Labute approximate surface area is 152 Å². The lowest BCUT2D eigenvalue weighted by Gasteiger charge is -2.25. The van der Waals surface area contributed by atoms with Gasteiger partial charge in [0.1, 0.15) is 12.4 Å². The maximum atomic E-state index is 14.3. The summed E-state index contributed by atoms with van der Waals surface area (Å²) in [5.74, 6) is -1.50. The first kappa shape index (κ1) is 19.9. The number of ether oxygens (including phenoxy) is 3. The van der Waals surface area contributed by atoms with E-state index in [9.17, 15) is 14.4 Å². The number of carbonyl (C=O) groups is 1. The number of hydrogen-bond acceptors (Lipinski definition) is 6. The van der Waals surface area contributed by atoms with Crippen molar-refractivity contribution in [3.05, 3.63) is 47.4 Å². The van der Waals surface area contributed by atoms with Crippen LogP contribution in [0.4, 0.5) is 4.39 Å². The van der Waals surface area contributed by atoms with Gasteiger partial charge in [0, 0.05) is 18.7 Å². The number of halogens is 1. The van der Waals surface area contributed by atoms with Gasteiger partial charge in [0.2, 0.25) is 0 Å². The number of nitrogens with one attached hydrogen (secondary N) is 1. The quantitative estimate of drug-likeness (QED) is 0.566. The zero-order chi connectivity index (χ0) is 18.8. The maximum absolute atomic E-state index is 14.3. The van der Waals surface area contributed by atoms with E-state index in [1.807, 2.05) is 0 Å². The fraction of sp³-hybridized carbons (Fsp3) is 0.474. The minimum Gasteiger partial charge on any atom is -0.468 e. The molecular weight excluding hydrogens is 339 g/mol. The van der Waals surface area contributed by atoms with Gasteiger partial charge >= 0.3 is 5.97 Å². The molecule has 6 nitrogen and oxygen atoms in total. The Bertz CT molecular complexity index is 666. The monoisotopic (exact) mass is 362 g/mol. The van der Waals surface area contributed by atoms with E-state index in [-0.39, 0.29) is 25.0 Å². The van der Waals surface area contributed by atoms with Gasteiger partial charge in [-0.25, -0.2) is 4.39 Å².